The summed E-state index contributed by atoms with van der Waals surface area (Å²) < 4.78 is 11.1. The molecule has 1 aromatic rings. The Morgan fingerprint density at radius 1 is 1.30 bits per heavy atom. The van der Waals surface area contributed by atoms with Gasteiger partial charge in [0.15, 0.2) is 21.2 Å². The van der Waals surface area contributed by atoms with Gasteiger partial charge in [0.05, 0.1) is 17.5 Å². The first-order valence-electron chi connectivity index (χ1n) is 8.57. The van der Waals surface area contributed by atoms with Crippen molar-refractivity contribution in [3.63, 3.8) is 0 Å². The van der Waals surface area contributed by atoms with Gasteiger partial charge in [0.25, 0.3) is 11.8 Å². The maximum atomic E-state index is 13.5. The SMILES string of the molecule is CN1C(=O)[C@@]23C[C@](C)(C#N)C(c4cccc5c4OCO5)N2C(=O)[C@]1(C)S3=S. The molecule has 5 atom stereocenters. The van der Waals surface area contributed by atoms with Crippen LogP contribution in [0.15, 0.2) is 18.2 Å². The molecule has 0 aromatic heterocycles. The van der Waals surface area contributed by atoms with Crippen LogP contribution in [0.5, 0.6) is 11.5 Å². The van der Waals surface area contributed by atoms with Gasteiger partial charge in [-0.1, -0.05) is 21.6 Å². The lowest BCUT2D eigenvalue weighted by Gasteiger charge is -2.40. The van der Waals surface area contributed by atoms with E-state index in [4.69, 9.17) is 20.7 Å². The molecule has 7 nitrogen and oxygen atoms in total. The molecule has 4 heterocycles. The lowest BCUT2D eigenvalue weighted by molar-refractivity contribution is -0.159. The second-order valence-corrected chi connectivity index (χ2v) is 10.8. The van der Waals surface area contributed by atoms with Crippen molar-refractivity contribution in [3.05, 3.63) is 23.8 Å². The standard InChI is InChI=1S/C18H17N3O4S2/c1-16(8-19)7-18-15(23)20(3)17(2,27(18)26)14(22)21(18)13(16)10-5-4-6-11-12(10)25-9-24-11/h4-6,13H,7,9H2,1-3H3/t13?,16-,17+,18+,27?/m1/s1. The Hall–Kier alpha value is -2.18. The number of ether oxygens (including phenoxy) is 2. The maximum Gasteiger partial charge on any atom is 0.261 e. The fraction of sp³-hybridized carbons (Fsp3) is 0.500. The minimum absolute atomic E-state index is 0.0895. The van der Waals surface area contributed by atoms with E-state index in [2.05, 4.69) is 6.07 Å². The minimum Gasteiger partial charge on any atom is -0.454 e. The molecule has 0 saturated carbocycles. The summed E-state index contributed by atoms with van der Waals surface area (Å²) >= 11 is 5.77. The number of amides is 2. The first kappa shape index (κ1) is 17.0. The monoisotopic (exact) mass is 403 g/mol. The number of fused-ring (bicyclic) bond motifs is 2. The summed E-state index contributed by atoms with van der Waals surface area (Å²) in [6, 6.07) is 7.19. The number of piperazine rings is 1. The van der Waals surface area contributed by atoms with Crippen molar-refractivity contribution in [2.24, 2.45) is 5.41 Å². The molecule has 27 heavy (non-hydrogen) atoms. The van der Waals surface area contributed by atoms with Crippen LogP contribution in [0.4, 0.5) is 0 Å². The number of carbonyl (C=O) groups excluding carboxylic acids is 2. The molecule has 2 bridgehead atoms. The third-order valence-electron chi connectivity index (χ3n) is 6.40. The number of carbonyl (C=O) groups is 2. The average molecular weight is 403 g/mol. The van der Waals surface area contributed by atoms with Gasteiger partial charge in [0.2, 0.25) is 6.79 Å². The summed E-state index contributed by atoms with van der Waals surface area (Å²) in [5.41, 5.74) is -0.277. The molecule has 2 unspecified atom stereocenters. The van der Waals surface area contributed by atoms with Gasteiger partial charge < -0.3 is 19.3 Å². The fourth-order valence-electron chi connectivity index (χ4n) is 4.97. The zero-order valence-corrected chi connectivity index (χ0v) is 16.6. The summed E-state index contributed by atoms with van der Waals surface area (Å²) in [5.74, 6) is 0.754. The Morgan fingerprint density at radius 2 is 2.04 bits per heavy atom. The van der Waals surface area contributed by atoms with E-state index in [0.717, 1.165) is 0 Å². The van der Waals surface area contributed by atoms with Gasteiger partial charge in [0.1, 0.15) is 0 Å². The van der Waals surface area contributed by atoms with Crippen LogP contribution in [0.1, 0.15) is 31.9 Å². The Morgan fingerprint density at radius 3 is 2.74 bits per heavy atom. The van der Waals surface area contributed by atoms with Crippen LogP contribution in [0.2, 0.25) is 0 Å². The minimum atomic E-state index is -1.15. The van der Waals surface area contributed by atoms with Crippen molar-refractivity contribution >= 4 is 32.5 Å². The number of rotatable bonds is 1. The number of benzene rings is 1. The molecule has 2 amide bonds. The van der Waals surface area contributed by atoms with Crippen molar-refractivity contribution in [2.45, 2.75) is 36.1 Å². The van der Waals surface area contributed by atoms with E-state index in [1.54, 1.807) is 31.9 Å². The number of nitriles is 1. The summed E-state index contributed by atoms with van der Waals surface area (Å²) in [4.78, 5) is 27.7. The van der Waals surface area contributed by atoms with Gasteiger partial charge in [-0.05, 0) is 31.1 Å². The molecule has 0 N–H and O–H groups in total. The average Bonchev–Trinajstić information content (AvgIpc) is 3.32. The van der Waals surface area contributed by atoms with Crippen molar-refractivity contribution < 1.29 is 19.1 Å². The van der Waals surface area contributed by atoms with Gasteiger partial charge in [0, 0.05) is 19.0 Å². The van der Waals surface area contributed by atoms with Crippen molar-refractivity contribution in [1.82, 2.24) is 9.80 Å². The van der Waals surface area contributed by atoms with Crippen LogP contribution in [0.25, 0.3) is 0 Å². The van der Waals surface area contributed by atoms with Crippen molar-refractivity contribution in [1.29, 1.82) is 5.26 Å². The summed E-state index contributed by atoms with van der Waals surface area (Å²) in [7, 11) is 0.670. The molecule has 3 fully saturated rings. The highest BCUT2D eigenvalue weighted by Crippen LogP contribution is 2.66. The highest BCUT2D eigenvalue weighted by Gasteiger charge is 2.81. The quantitative estimate of drug-likeness (QED) is 0.701. The Bertz CT molecular complexity index is 1010. The molecule has 4 aliphatic heterocycles. The molecule has 9 heteroatoms. The van der Waals surface area contributed by atoms with E-state index in [-0.39, 0.29) is 25.0 Å². The number of nitrogens with zero attached hydrogens (tertiary/aromatic N) is 3. The van der Waals surface area contributed by atoms with E-state index in [1.165, 1.54) is 4.90 Å². The van der Waals surface area contributed by atoms with Crippen molar-refractivity contribution in [2.75, 3.05) is 13.8 Å². The molecule has 1 spiro atoms. The molecule has 0 radical (unpaired) electrons. The number of para-hydroxylation sites is 1. The van der Waals surface area contributed by atoms with E-state index in [1.807, 2.05) is 12.1 Å². The van der Waals surface area contributed by atoms with E-state index < -0.39 is 30.7 Å². The van der Waals surface area contributed by atoms with Gasteiger partial charge >= 0.3 is 0 Å². The number of likely N-dealkylation sites (N-methyl/N-ethyl adjacent to an activating group) is 1. The molecular formula is C18H17N3O4S2. The molecule has 140 valence electrons. The van der Waals surface area contributed by atoms with E-state index in [9.17, 15) is 14.9 Å². The fourth-order valence-corrected chi connectivity index (χ4v) is 8.49. The zero-order chi connectivity index (χ0) is 19.4. The summed E-state index contributed by atoms with van der Waals surface area (Å²) in [6.45, 7) is 3.63. The summed E-state index contributed by atoms with van der Waals surface area (Å²) in [5, 5.41) is 10.1. The number of hydrogen-bond donors (Lipinski definition) is 0. The third kappa shape index (κ3) is 1.58. The third-order valence-corrected chi connectivity index (χ3v) is 10.5. The topological polar surface area (TPSA) is 82.9 Å². The maximum absolute atomic E-state index is 13.5. The Labute approximate surface area is 163 Å². The Balaban J connectivity index is 1.78. The molecule has 4 aliphatic rings. The molecule has 3 saturated heterocycles. The van der Waals surface area contributed by atoms with Crippen LogP contribution in [-0.2, 0) is 30.2 Å². The van der Waals surface area contributed by atoms with Crippen LogP contribution in [-0.4, -0.2) is 45.2 Å². The highest BCUT2D eigenvalue weighted by atomic mass is 32.8. The zero-order valence-electron chi connectivity index (χ0n) is 15.0. The van der Waals surface area contributed by atoms with Crippen LogP contribution in [0.3, 0.4) is 0 Å². The predicted molar refractivity (Wildman–Crippen MR) is 99.1 cm³/mol. The highest BCUT2D eigenvalue weighted by molar-refractivity contribution is 8.31. The van der Waals surface area contributed by atoms with Crippen LogP contribution >= 0.6 is 0 Å². The number of hydrogen-bond acceptors (Lipinski definition) is 6. The second-order valence-electron chi connectivity index (χ2n) is 7.76. The van der Waals surface area contributed by atoms with Gasteiger partial charge in [-0.2, -0.15) is 5.26 Å². The molecule has 5 rings (SSSR count). The van der Waals surface area contributed by atoms with Crippen molar-refractivity contribution in [3.8, 4) is 17.6 Å². The van der Waals surface area contributed by atoms with E-state index in [0.29, 0.717) is 17.1 Å². The van der Waals surface area contributed by atoms with Gasteiger partial charge in [-0.25, -0.2) is 0 Å². The molecule has 0 aliphatic carbocycles. The Kier molecular flexibility index (Phi) is 3.02. The first-order valence-corrected chi connectivity index (χ1v) is 10.7. The van der Waals surface area contributed by atoms with Gasteiger partial charge in [-0.3, -0.25) is 9.59 Å². The van der Waals surface area contributed by atoms with Gasteiger partial charge in [-0.15, -0.1) is 0 Å². The lowest BCUT2D eigenvalue weighted by Crippen LogP contribution is -2.60. The van der Waals surface area contributed by atoms with Crippen LogP contribution < -0.4 is 9.47 Å². The smallest absolute Gasteiger partial charge is 0.261 e. The first-order chi connectivity index (χ1) is 12.7. The predicted octanol–water partition coefficient (Wildman–Crippen LogP) is 1.20. The molecule has 1 aromatic carbocycles. The second kappa shape index (κ2) is 4.80. The largest absolute Gasteiger partial charge is 0.454 e. The normalized spacial score (nSPS) is 41.3. The van der Waals surface area contributed by atoms with Crippen LogP contribution in [0, 0.1) is 16.7 Å². The molecular weight excluding hydrogens is 386 g/mol. The lowest BCUT2D eigenvalue weighted by atomic mass is 9.79. The summed E-state index contributed by atoms with van der Waals surface area (Å²) in [6.07, 6.45) is 0.225. The van der Waals surface area contributed by atoms with E-state index >= 15 is 0 Å².